The monoisotopic (exact) mass is 376 g/mol. The van der Waals surface area contributed by atoms with Gasteiger partial charge < -0.3 is 4.57 Å². The largest absolute Gasteiger partial charge is 0.350 e. The first-order valence-corrected chi connectivity index (χ1v) is 9.67. The molecule has 0 radical (unpaired) electrons. The molecular weight excluding hydrogens is 356 g/mol. The summed E-state index contributed by atoms with van der Waals surface area (Å²) in [6.45, 7) is 2.05. The van der Waals surface area contributed by atoms with Crippen LogP contribution in [0.15, 0.2) is 90.1 Å². The van der Waals surface area contributed by atoms with E-state index < -0.39 is 0 Å². The number of Topliss-reactive ketones (excluding diaryl/α,β-unsaturated/α-hetero) is 1. The molecule has 0 atom stereocenters. The maximum absolute atomic E-state index is 13.4. The van der Waals surface area contributed by atoms with Crippen LogP contribution in [0.2, 0.25) is 0 Å². The van der Waals surface area contributed by atoms with Gasteiger partial charge in [0.1, 0.15) is 0 Å². The number of nitrogens with zero attached hydrogens (tertiary/aromatic N) is 2. The summed E-state index contributed by atoms with van der Waals surface area (Å²) in [4.78, 5) is 18.3. The standard InChI is InChI=1S/C26H20N2O/c1-17-8-7-9-18(14-17)27-24-15-22(26(29)21-12-4-3-10-19(21)24)23-16-28(2)25-13-6-5-11-20(23)25/h3-16H,1-2H3. The molecule has 0 saturated carbocycles. The number of allylic oxidation sites excluding steroid dienone is 2. The van der Waals surface area contributed by atoms with Crippen LogP contribution in [0.1, 0.15) is 27.0 Å². The molecule has 29 heavy (non-hydrogen) atoms. The number of carbonyl (C=O) groups is 1. The number of hydrogen-bond acceptors (Lipinski definition) is 2. The maximum atomic E-state index is 13.4. The molecule has 0 bridgehead atoms. The summed E-state index contributed by atoms with van der Waals surface area (Å²) >= 11 is 0. The van der Waals surface area contributed by atoms with E-state index in [-0.39, 0.29) is 5.78 Å². The molecule has 0 N–H and O–H groups in total. The van der Waals surface area contributed by atoms with E-state index in [0.29, 0.717) is 11.1 Å². The molecule has 1 heterocycles. The zero-order valence-corrected chi connectivity index (χ0v) is 16.4. The van der Waals surface area contributed by atoms with Crippen molar-refractivity contribution in [2.45, 2.75) is 6.92 Å². The first-order valence-electron chi connectivity index (χ1n) is 9.67. The SMILES string of the molecule is Cc1cccc(N=C2C=C(c3cn(C)c4ccccc34)C(=O)c3ccccc32)c1. The Kier molecular flexibility index (Phi) is 4.02. The molecule has 1 aliphatic rings. The zero-order chi connectivity index (χ0) is 20.0. The molecule has 0 fully saturated rings. The highest BCUT2D eigenvalue weighted by atomic mass is 16.1. The van der Waals surface area contributed by atoms with Gasteiger partial charge in [0.25, 0.3) is 0 Å². The van der Waals surface area contributed by atoms with Crippen molar-refractivity contribution < 1.29 is 4.79 Å². The molecule has 3 aromatic carbocycles. The molecular formula is C26H20N2O. The molecule has 0 unspecified atom stereocenters. The predicted octanol–water partition coefficient (Wildman–Crippen LogP) is 5.89. The number of hydrogen-bond donors (Lipinski definition) is 0. The highest BCUT2D eigenvalue weighted by Crippen LogP contribution is 2.34. The van der Waals surface area contributed by atoms with Crippen molar-refractivity contribution in [2.75, 3.05) is 0 Å². The summed E-state index contributed by atoms with van der Waals surface area (Å²) in [6.07, 6.45) is 3.97. The number of aliphatic imine (C=N–C) groups is 1. The van der Waals surface area contributed by atoms with Crippen molar-refractivity contribution in [2.24, 2.45) is 12.0 Å². The van der Waals surface area contributed by atoms with Crippen molar-refractivity contribution in [3.8, 4) is 0 Å². The third kappa shape index (κ3) is 2.92. The first-order chi connectivity index (χ1) is 14.1. The Morgan fingerprint density at radius 1 is 0.828 bits per heavy atom. The van der Waals surface area contributed by atoms with Gasteiger partial charge in [-0.05, 0) is 36.8 Å². The van der Waals surface area contributed by atoms with E-state index in [1.54, 1.807) is 0 Å². The lowest BCUT2D eigenvalue weighted by atomic mass is 9.85. The van der Waals surface area contributed by atoms with Gasteiger partial charge in [-0.25, -0.2) is 4.99 Å². The molecule has 5 rings (SSSR count). The van der Waals surface area contributed by atoms with Crippen LogP contribution in [-0.4, -0.2) is 16.1 Å². The van der Waals surface area contributed by atoms with Crippen molar-refractivity contribution >= 4 is 33.7 Å². The van der Waals surface area contributed by atoms with Crippen molar-refractivity contribution in [3.63, 3.8) is 0 Å². The third-order valence-electron chi connectivity index (χ3n) is 5.41. The molecule has 1 aliphatic carbocycles. The van der Waals surface area contributed by atoms with Crippen molar-refractivity contribution in [1.82, 2.24) is 4.57 Å². The van der Waals surface area contributed by atoms with Crippen LogP contribution in [0.4, 0.5) is 5.69 Å². The number of rotatable bonds is 2. The zero-order valence-electron chi connectivity index (χ0n) is 16.4. The molecule has 3 nitrogen and oxygen atoms in total. The molecule has 140 valence electrons. The molecule has 1 aromatic heterocycles. The van der Waals surface area contributed by atoms with Gasteiger partial charge in [-0.2, -0.15) is 0 Å². The minimum atomic E-state index is 0.0418. The third-order valence-corrected chi connectivity index (χ3v) is 5.41. The fourth-order valence-corrected chi connectivity index (χ4v) is 4.02. The first kappa shape index (κ1) is 17.4. The van der Waals surface area contributed by atoms with E-state index in [1.165, 1.54) is 0 Å². The second kappa shape index (κ2) is 6.71. The summed E-state index contributed by atoms with van der Waals surface area (Å²) in [6, 6.07) is 24.0. The van der Waals surface area contributed by atoms with Gasteiger partial charge >= 0.3 is 0 Å². The topological polar surface area (TPSA) is 34.4 Å². The van der Waals surface area contributed by atoms with Crippen LogP contribution in [0.3, 0.4) is 0 Å². The summed E-state index contributed by atoms with van der Waals surface area (Å²) in [7, 11) is 2.01. The number of aromatic nitrogens is 1. The molecule has 0 saturated heterocycles. The Morgan fingerprint density at radius 2 is 1.59 bits per heavy atom. The van der Waals surface area contributed by atoms with Crippen LogP contribution >= 0.6 is 0 Å². The normalized spacial score (nSPS) is 14.9. The Bertz CT molecular complexity index is 1340. The van der Waals surface area contributed by atoms with Crippen LogP contribution < -0.4 is 0 Å². The fraction of sp³-hybridized carbons (Fsp3) is 0.0769. The molecule has 0 spiro atoms. The Labute approximate surface area is 169 Å². The van der Waals surface area contributed by atoms with Crippen molar-refractivity contribution in [3.05, 3.63) is 107 Å². The minimum Gasteiger partial charge on any atom is -0.350 e. The van der Waals surface area contributed by atoms with Gasteiger partial charge in [-0.3, -0.25) is 4.79 Å². The molecule has 0 amide bonds. The Hall–Kier alpha value is -3.72. The predicted molar refractivity (Wildman–Crippen MR) is 119 cm³/mol. The maximum Gasteiger partial charge on any atom is 0.194 e. The van der Waals surface area contributed by atoms with Gasteiger partial charge in [0.15, 0.2) is 5.78 Å². The van der Waals surface area contributed by atoms with Gasteiger partial charge in [-0.1, -0.05) is 54.6 Å². The van der Waals surface area contributed by atoms with Gasteiger partial charge in [-0.15, -0.1) is 0 Å². The van der Waals surface area contributed by atoms with Crippen LogP contribution in [0, 0.1) is 6.92 Å². The fourth-order valence-electron chi connectivity index (χ4n) is 4.02. The summed E-state index contributed by atoms with van der Waals surface area (Å²) in [5, 5.41) is 1.07. The van der Waals surface area contributed by atoms with E-state index in [4.69, 9.17) is 4.99 Å². The summed E-state index contributed by atoms with van der Waals surface area (Å²) in [5.41, 5.74) is 7.17. The van der Waals surface area contributed by atoms with E-state index in [0.717, 1.165) is 39.0 Å². The molecule has 4 aromatic rings. The van der Waals surface area contributed by atoms with Crippen LogP contribution in [0.5, 0.6) is 0 Å². The van der Waals surface area contributed by atoms with Crippen LogP contribution in [0.25, 0.3) is 16.5 Å². The summed E-state index contributed by atoms with van der Waals surface area (Å²) < 4.78 is 2.07. The minimum absolute atomic E-state index is 0.0418. The highest BCUT2D eigenvalue weighted by molar-refractivity contribution is 6.40. The number of ketones is 1. The lowest BCUT2D eigenvalue weighted by Crippen LogP contribution is -2.16. The quantitative estimate of drug-likeness (QED) is 0.430. The lowest BCUT2D eigenvalue weighted by molar-refractivity contribution is 0.105. The molecule has 0 aliphatic heterocycles. The Morgan fingerprint density at radius 3 is 2.41 bits per heavy atom. The second-order valence-electron chi connectivity index (χ2n) is 7.44. The average molecular weight is 376 g/mol. The smallest absolute Gasteiger partial charge is 0.194 e. The number of fused-ring (bicyclic) bond motifs is 2. The number of benzene rings is 3. The number of para-hydroxylation sites is 1. The highest BCUT2D eigenvalue weighted by Gasteiger charge is 2.26. The van der Waals surface area contributed by atoms with Crippen LogP contribution in [-0.2, 0) is 7.05 Å². The van der Waals surface area contributed by atoms with E-state index in [9.17, 15) is 4.79 Å². The van der Waals surface area contributed by atoms with E-state index in [2.05, 4.69) is 35.8 Å². The number of aryl methyl sites for hydroxylation is 2. The van der Waals surface area contributed by atoms with Gasteiger partial charge in [0.05, 0.1) is 11.4 Å². The van der Waals surface area contributed by atoms with Crippen molar-refractivity contribution in [1.29, 1.82) is 0 Å². The van der Waals surface area contributed by atoms with Gasteiger partial charge in [0, 0.05) is 46.4 Å². The van der Waals surface area contributed by atoms with E-state index >= 15 is 0 Å². The average Bonchev–Trinajstić information content (AvgIpc) is 3.07. The second-order valence-corrected chi connectivity index (χ2v) is 7.44. The van der Waals surface area contributed by atoms with Gasteiger partial charge in [0.2, 0.25) is 0 Å². The molecule has 3 heteroatoms. The van der Waals surface area contributed by atoms with E-state index in [1.807, 2.05) is 67.9 Å². The summed E-state index contributed by atoms with van der Waals surface area (Å²) in [5.74, 6) is 0.0418. The number of carbonyl (C=O) groups excluding carboxylic acids is 1. The Balaban J connectivity index is 1.75. The lowest BCUT2D eigenvalue weighted by Gasteiger charge is -2.17.